The van der Waals surface area contributed by atoms with Gasteiger partial charge >= 0.3 is 0 Å². The number of aliphatic hydroxyl groups is 22. The molecule has 30 heterocycles. The summed E-state index contributed by atoms with van der Waals surface area (Å²) >= 11 is 0. The monoisotopic (exact) mass is 1780 g/mol. The van der Waals surface area contributed by atoms with Crippen molar-refractivity contribution in [1.82, 2.24) is 0 Å². The van der Waals surface area contributed by atoms with E-state index >= 15 is 0 Å². The van der Waals surface area contributed by atoms with E-state index in [-0.39, 0.29) is 0 Å². The SMILES string of the molecule is OC[C@@H]1O[C@@H]2O[C@H]3[C@@H](O)[C@H](O)[C@@H](O[C@H]4[C@H](O)[C@@H](O)[C@@H](O[C@H]5[C@@H](O)[C@H](O)[C@@H](O[C@H]6[C@@H](O)[C@@H](O)[C@@H](O[C@H]7[C@H](O)[C@H](O)[C@@H](O[C@H]8[C@H](O)[C@@H](O)[C@@H](O[C@H]9[C@@H](O)[C@@H](O)[C@@H](O[C@H]1[C@@H](O)[C@@H]2O)O[C@@H]9CO)O[C@@H]8CO)O[C@@H]7COC(c1ccccc1)(c1ccccc1)c1ccccc1)O[C@@H]6CO)O[C@@H]5CO)O[C@@H]4CO)O[C@H]3COC(c1ccccc1)(c1ccccc1)c1ccccc1. The Morgan fingerprint density at radius 3 is 0.437 bits per heavy atom. The van der Waals surface area contributed by atoms with Crippen LogP contribution in [0.3, 0.4) is 0 Å². The van der Waals surface area contributed by atoms with Gasteiger partial charge in [-0.3, -0.25) is 0 Å². The van der Waals surface area contributed by atoms with E-state index in [1.54, 1.807) is 182 Å². The molecule has 0 aliphatic carbocycles. The first-order chi connectivity index (χ1) is 60.8. The van der Waals surface area contributed by atoms with Gasteiger partial charge in [-0.05, 0) is 33.4 Å². The van der Waals surface area contributed by atoms with E-state index in [9.17, 15) is 112 Å². The van der Waals surface area contributed by atoms with Crippen LogP contribution in [0.5, 0.6) is 0 Å². The van der Waals surface area contributed by atoms with Crippen molar-refractivity contribution in [3.05, 3.63) is 215 Å². The minimum Gasteiger partial charge on any atom is -0.394 e. The number of hydrogen-bond donors (Lipinski definition) is 22. The molecule has 30 saturated heterocycles. The van der Waals surface area contributed by atoms with Gasteiger partial charge in [-0.2, -0.15) is 0 Å². The summed E-state index contributed by atoms with van der Waals surface area (Å²) in [5.74, 6) is 0. The molecule has 0 amide bonds. The van der Waals surface area contributed by atoms with E-state index in [0.717, 1.165) is 0 Å². The topological polar surface area (TPSA) is 611 Å². The average molecular weight is 1780 g/mol. The molecular formula is C86H108O40. The maximum atomic E-state index is 12.5. The molecule has 6 aromatic rings. The van der Waals surface area contributed by atoms with Gasteiger partial charge in [-0.15, -0.1) is 0 Å². The van der Waals surface area contributed by atoms with Gasteiger partial charge in [0.2, 0.25) is 0 Å². The average Bonchev–Trinajstić information content (AvgIpc) is 0.754. The molecule has 126 heavy (non-hydrogen) atoms. The molecule has 16 bridgehead atoms. The van der Waals surface area contributed by atoms with E-state index < -0.39 is 310 Å². The zero-order chi connectivity index (χ0) is 89.2. The molecule has 0 spiro atoms. The van der Waals surface area contributed by atoms with Gasteiger partial charge in [0, 0.05) is 0 Å². The highest BCUT2D eigenvalue weighted by molar-refractivity contribution is 5.49. The number of benzene rings is 6. The minimum absolute atomic E-state index is 0.539. The fraction of sp³-hybridized carbons (Fsp3) is 0.581. The predicted molar refractivity (Wildman–Crippen MR) is 417 cm³/mol. The number of rotatable bonds is 18. The van der Waals surface area contributed by atoms with Crippen molar-refractivity contribution in [2.45, 2.75) is 257 Å². The molecule has 36 rings (SSSR count). The van der Waals surface area contributed by atoms with Crippen molar-refractivity contribution in [2.75, 3.05) is 52.9 Å². The molecule has 40 heteroatoms. The second kappa shape index (κ2) is 41.2. The van der Waals surface area contributed by atoms with E-state index in [0.29, 0.717) is 33.4 Å². The Morgan fingerprint density at radius 2 is 0.302 bits per heavy atom. The second-order valence-corrected chi connectivity index (χ2v) is 32.3. The van der Waals surface area contributed by atoms with Gasteiger partial charge in [0.1, 0.15) is 207 Å². The molecule has 692 valence electrons. The van der Waals surface area contributed by atoms with Crippen molar-refractivity contribution < 1.29 is 198 Å². The fourth-order valence-electron chi connectivity index (χ4n) is 17.8. The zero-order valence-electron chi connectivity index (χ0n) is 67.3. The van der Waals surface area contributed by atoms with Gasteiger partial charge < -0.3 is 198 Å². The summed E-state index contributed by atoms with van der Waals surface area (Å²) in [5, 5.41) is 260. The number of ether oxygens (including phenoxy) is 18. The van der Waals surface area contributed by atoms with Crippen LogP contribution in [0.1, 0.15) is 33.4 Å². The Kier molecular flexibility index (Phi) is 30.9. The van der Waals surface area contributed by atoms with Gasteiger partial charge in [-0.1, -0.05) is 182 Å². The Labute approximate surface area is 719 Å². The van der Waals surface area contributed by atoms with E-state index in [2.05, 4.69) is 0 Å². The third kappa shape index (κ3) is 18.6. The summed E-state index contributed by atoms with van der Waals surface area (Å²) in [6.45, 7) is -8.02. The van der Waals surface area contributed by atoms with Crippen molar-refractivity contribution in [3.8, 4) is 0 Å². The first kappa shape index (κ1) is 94.4. The van der Waals surface area contributed by atoms with Crippen LogP contribution in [0, 0.1) is 0 Å². The summed E-state index contributed by atoms with van der Waals surface area (Å²) in [4.78, 5) is 0. The predicted octanol–water partition coefficient (Wildman–Crippen LogP) is -7.37. The molecule has 0 radical (unpaired) electrons. The van der Waals surface area contributed by atoms with Crippen LogP contribution in [-0.2, 0) is 96.5 Å². The third-order valence-electron chi connectivity index (χ3n) is 24.5. The molecule has 30 fully saturated rings. The molecule has 40 nitrogen and oxygen atoms in total. The summed E-state index contributed by atoms with van der Waals surface area (Å²) < 4.78 is 112. The van der Waals surface area contributed by atoms with E-state index in [1.165, 1.54) is 0 Å². The molecule has 30 aliphatic heterocycles. The Morgan fingerprint density at radius 1 is 0.175 bits per heavy atom. The summed E-state index contributed by atoms with van der Waals surface area (Å²) in [5.41, 5.74) is 0.0546. The number of hydrogen-bond acceptors (Lipinski definition) is 40. The van der Waals surface area contributed by atoms with Crippen LogP contribution in [0.4, 0.5) is 0 Å². The molecule has 0 saturated carbocycles. The summed E-state index contributed by atoms with van der Waals surface area (Å²) in [6.07, 6.45) is -84.1. The first-order valence-electron chi connectivity index (χ1n) is 41.5. The highest BCUT2D eigenvalue weighted by atomic mass is 16.8. The molecule has 30 aliphatic rings. The van der Waals surface area contributed by atoms with Crippen LogP contribution >= 0.6 is 0 Å². The lowest BCUT2D eigenvalue weighted by Crippen LogP contribution is -2.69. The maximum absolute atomic E-state index is 12.5. The smallest absolute Gasteiger partial charge is 0.187 e. The lowest BCUT2D eigenvalue weighted by atomic mass is 9.80. The number of aliphatic hydroxyl groups excluding tert-OH is 22. The van der Waals surface area contributed by atoms with Crippen LogP contribution < -0.4 is 0 Å². The summed E-state index contributed by atoms with van der Waals surface area (Å²) in [6, 6.07) is 52.9. The highest BCUT2D eigenvalue weighted by Crippen LogP contribution is 2.47. The van der Waals surface area contributed by atoms with Gasteiger partial charge in [0.25, 0.3) is 0 Å². The standard InChI is InChI=1S/C86H108O40/c87-31-45-69-54(94)62(102)78(112-45)122-72-48(34-90)116-82(66(106)58(72)98)126-76-52(38-110-86(42-25-13-4-14-26-42,43-27-15-5-16-28-43)44-29-17-6-18-30-44)118-84(68(108)60(76)100)124-74-50(36-92)114-80(64(104)56(74)96)120-70-46(32-88)111-77(61(101)53(70)93)121-71-47(33-89)115-81(65(105)57(71)97)125-75-51(117-83(67(107)59(75)99)123-73-49(35-91)113-79(119-69)63(103)55(73)95)37-109-85(39-19-7-1-8-20-39,40-21-9-2-10-22-40)41-23-11-3-12-24-41/h1-30,45-84,87-108H,31-38H2/t45-,46-,47-,48+,49-,50-,51-,52+,53+,54+,55-,56-,57+,58+,59-,60+,61+,62-,63-,64-,65-,66+,67+,68+,69-,70-,71-,72-,73-,74-,75-,76-,77-,78-,79-,80-,81-,82-,83-,84-/m1/s1. The van der Waals surface area contributed by atoms with Crippen LogP contribution in [0.25, 0.3) is 0 Å². The maximum Gasteiger partial charge on any atom is 0.187 e. The van der Waals surface area contributed by atoms with E-state index in [4.69, 9.17) is 85.3 Å². The van der Waals surface area contributed by atoms with Gasteiger partial charge in [0.05, 0.1) is 52.9 Å². The van der Waals surface area contributed by atoms with Gasteiger partial charge in [-0.25, -0.2) is 0 Å². The normalized spacial score (nSPS) is 42.3. The molecule has 22 N–H and O–H groups in total. The molecule has 0 unspecified atom stereocenters. The second-order valence-electron chi connectivity index (χ2n) is 32.3. The first-order valence-corrected chi connectivity index (χ1v) is 41.5. The third-order valence-corrected chi connectivity index (χ3v) is 24.5. The Balaban J connectivity index is 0.750. The molecule has 0 aromatic heterocycles. The van der Waals surface area contributed by atoms with Crippen LogP contribution in [0.2, 0.25) is 0 Å². The minimum atomic E-state index is -2.31. The fourth-order valence-corrected chi connectivity index (χ4v) is 17.8. The van der Waals surface area contributed by atoms with Crippen molar-refractivity contribution in [1.29, 1.82) is 0 Å². The highest BCUT2D eigenvalue weighted by Gasteiger charge is 2.62. The Hall–Kier alpha value is -6.28. The van der Waals surface area contributed by atoms with Crippen molar-refractivity contribution >= 4 is 0 Å². The van der Waals surface area contributed by atoms with Crippen LogP contribution in [-0.4, -0.2) is 411 Å². The molecule has 6 aromatic carbocycles. The van der Waals surface area contributed by atoms with E-state index in [1.807, 2.05) is 0 Å². The van der Waals surface area contributed by atoms with Gasteiger partial charge in [0.15, 0.2) is 50.3 Å². The largest absolute Gasteiger partial charge is 0.394 e. The van der Waals surface area contributed by atoms with Crippen LogP contribution in [0.15, 0.2) is 182 Å². The Bertz CT molecular complexity index is 3830. The van der Waals surface area contributed by atoms with Crippen molar-refractivity contribution in [2.24, 2.45) is 0 Å². The lowest BCUT2D eigenvalue weighted by molar-refractivity contribution is -0.404. The van der Waals surface area contributed by atoms with Crippen molar-refractivity contribution in [3.63, 3.8) is 0 Å². The quantitative estimate of drug-likeness (QED) is 0.0356. The summed E-state index contributed by atoms with van der Waals surface area (Å²) in [7, 11) is 0. The molecule has 40 atom stereocenters. The molecular weight excluding hydrogens is 1670 g/mol. The zero-order valence-corrected chi connectivity index (χ0v) is 67.3. The lowest BCUT2D eigenvalue weighted by Gasteiger charge is -2.51.